The third-order valence-electron chi connectivity index (χ3n) is 3.06. The van der Waals surface area contributed by atoms with Gasteiger partial charge in [0, 0.05) is 17.7 Å². The first-order chi connectivity index (χ1) is 9.13. The topological polar surface area (TPSA) is 37.8 Å². The van der Waals surface area contributed by atoms with Gasteiger partial charge in [-0.1, -0.05) is 6.92 Å². The van der Waals surface area contributed by atoms with Gasteiger partial charge >= 0.3 is 0 Å². The van der Waals surface area contributed by atoms with Crippen molar-refractivity contribution in [3.05, 3.63) is 41.5 Å². The van der Waals surface area contributed by atoms with Crippen molar-refractivity contribution in [1.82, 2.24) is 9.97 Å². The third kappa shape index (κ3) is 2.89. The zero-order valence-corrected chi connectivity index (χ0v) is 11.5. The minimum Gasteiger partial charge on any atom is -0.370 e. The summed E-state index contributed by atoms with van der Waals surface area (Å²) in [4.78, 5) is 8.56. The van der Waals surface area contributed by atoms with Gasteiger partial charge in [-0.2, -0.15) is 0 Å². The lowest BCUT2D eigenvalue weighted by Gasteiger charge is -2.11. The van der Waals surface area contributed by atoms with Crippen molar-refractivity contribution in [2.24, 2.45) is 0 Å². The minimum atomic E-state index is -0.195. The van der Waals surface area contributed by atoms with Crippen molar-refractivity contribution in [3.63, 3.8) is 0 Å². The van der Waals surface area contributed by atoms with Crippen molar-refractivity contribution in [3.8, 4) is 11.3 Å². The van der Waals surface area contributed by atoms with Gasteiger partial charge in [-0.25, -0.2) is 14.4 Å². The average Bonchev–Trinajstić information content (AvgIpc) is 2.41. The summed E-state index contributed by atoms with van der Waals surface area (Å²) in [6.07, 6.45) is 2.58. The van der Waals surface area contributed by atoms with Crippen LogP contribution in [-0.4, -0.2) is 16.5 Å². The Morgan fingerprint density at radius 1 is 1.21 bits per heavy atom. The Bertz CT molecular complexity index is 582. The molecule has 19 heavy (non-hydrogen) atoms. The molecule has 0 spiro atoms. The quantitative estimate of drug-likeness (QED) is 0.909. The highest BCUT2D eigenvalue weighted by molar-refractivity contribution is 5.68. The SMILES string of the molecule is CCCNc1ncnc(-c2ccc(F)c(C)c2)c1C. The highest BCUT2D eigenvalue weighted by Crippen LogP contribution is 2.26. The molecule has 0 aliphatic carbocycles. The number of halogens is 1. The number of benzene rings is 1. The van der Waals surface area contributed by atoms with Crippen LogP contribution in [0.2, 0.25) is 0 Å². The zero-order chi connectivity index (χ0) is 13.8. The van der Waals surface area contributed by atoms with Crippen LogP contribution in [0.5, 0.6) is 0 Å². The molecular formula is C15H18FN3. The highest BCUT2D eigenvalue weighted by Gasteiger charge is 2.09. The summed E-state index contributed by atoms with van der Waals surface area (Å²) in [5.74, 6) is 0.647. The molecule has 0 bridgehead atoms. The molecule has 100 valence electrons. The van der Waals surface area contributed by atoms with Gasteiger partial charge in [0.2, 0.25) is 0 Å². The molecule has 1 aromatic heterocycles. The number of anilines is 1. The van der Waals surface area contributed by atoms with Crippen molar-refractivity contribution in [2.45, 2.75) is 27.2 Å². The number of hydrogen-bond donors (Lipinski definition) is 1. The molecule has 0 saturated heterocycles. The summed E-state index contributed by atoms with van der Waals surface area (Å²) in [6.45, 7) is 6.71. The molecule has 0 atom stereocenters. The van der Waals surface area contributed by atoms with E-state index in [-0.39, 0.29) is 5.82 Å². The first-order valence-electron chi connectivity index (χ1n) is 6.45. The molecule has 1 heterocycles. The van der Waals surface area contributed by atoms with E-state index in [4.69, 9.17) is 0 Å². The van der Waals surface area contributed by atoms with E-state index in [9.17, 15) is 4.39 Å². The normalized spacial score (nSPS) is 10.5. The van der Waals surface area contributed by atoms with E-state index < -0.39 is 0 Å². The second-order valence-electron chi connectivity index (χ2n) is 4.59. The van der Waals surface area contributed by atoms with E-state index in [1.54, 1.807) is 19.3 Å². The maximum Gasteiger partial charge on any atom is 0.132 e. The van der Waals surface area contributed by atoms with Crippen LogP contribution in [0.25, 0.3) is 11.3 Å². The molecule has 1 N–H and O–H groups in total. The molecule has 0 radical (unpaired) electrons. The van der Waals surface area contributed by atoms with Crippen molar-refractivity contribution < 1.29 is 4.39 Å². The number of hydrogen-bond acceptors (Lipinski definition) is 3. The molecular weight excluding hydrogens is 241 g/mol. The Kier molecular flexibility index (Phi) is 4.10. The monoisotopic (exact) mass is 259 g/mol. The Balaban J connectivity index is 2.41. The predicted molar refractivity (Wildman–Crippen MR) is 75.7 cm³/mol. The molecule has 1 aromatic carbocycles. The van der Waals surface area contributed by atoms with Gasteiger partial charge in [-0.3, -0.25) is 0 Å². The average molecular weight is 259 g/mol. The third-order valence-corrected chi connectivity index (χ3v) is 3.06. The minimum absolute atomic E-state index is 0.195. The zero-order valence-electron chi connectivity index (χ0n) is 11.5. The predicted octanol–water partition coefficient (Wildman–Crippen LogP) is 3.72. The second-order valence-corrected chi connectivity index (χ2v) is 4.59. The second kappa shape index (κ2) is 5.78. The fourth-order valence-corrected chi connectivity index (χ4v) is 1.95. The maximum atomic E-state index is 13.3. The molecule has 0 aliphatic rings. The first-order valence-corrected chi connectivity index (χ1v) is 6.45. The molecule has 0 fully saturated rings. The Morgan fingerprint density at radius 2 is 2.00 bits per heavy atom. The fraction of sp³-hybridized carbons (Fsp3) is 0.333. The summed E-state index contributed by atoms with van der Waals surface area (Å²) < 4.78 is 13.3. The van der Waals surface area contributed by atoms with Crippen molar-refractivity contribution in [1.29, 1.82) is 0 Å². The smallest absolute Gasteiger partial charge is 0.132 e. The van der Waals surface area contributed by atoms with E-state index in [2.05, 4.69) is 22.2 Å². The molecule has 0 aliphatic heterocycles. The molecule has 2 rings (SSSR count). The summed E-state index contributed by atoms with van der Waals surface area (Å²) >= 11 is 0. The van der Waals surface area contributed by atoms with Crippen LogP contribution in [0.15, 0.2) is 24.5 Å². The summed E-state index contributed by atoms with van der Waals surface area (Å²) in [6, 6.07) is 5.04. The van der Waals surface area contributed by atoms with Crippen LogP contribution < -0.4 is 5.32 Å². The molecule has 3 nitrogen and oxygen atoms in total. The van der Waals surface area contributed by atoms with Crippen LogP contribution in [0, 0.1) is 19.7 Å². The van der Waals surface area contributed by atoms with Crippen molar-refractivity contribution in [2.75, 3.05) is 11.9 Å². The number of nitrogens with zero attached hydrogens (tertiary/aromatic N) is 2. The Hall–Kier alpha value is -1.97. The van der Waals surface area contributed by atoms with E-state index in [0.717, 1.165) is 35.6 Å². The van der Waals surface area contributed by atoms with Gasteiger partial charge < -0.3 is 5.32 Å². The number of aromatic nitrogens is 2. The van der Waals surface area contributed by atoms with Gasteiger partial charge in [-0.05, 0) is 44.0 Å². The number of rotatable bonds is 4. The van der Waals surface area contributed by atoms with Gasteiger partial charge in [0.25, 0.3) is 0 Å². The van der Waals surface area contributed by atoms with E-state index in [1.807, 2.05) is 13.0 Å². The van der Waals surface area contributed by atoms with Gasteiger partial charge in [0.1, 0.15) is 18.0 Å². The van der Waals surface area contributed by atoms with E-state index in [0.29, 0.717) is 5.56 Å². The van der Waals surface area contributed by atoms with Crippen LogP contribution in [0.4, 0.5) is 10.2 Å². The molecule has 0 saturated carbocycles. The molecule has 0 amide bonds. The molecule has 0 unspecified atom stereocenters. The summed E-state index contributed by atoms with van der Waals surface area (Å²) in [5.41, 5.74) is 3.37. The Morgan fingerprint density at radius 3 is 2.68 bits per heavy atom. The van der Waals surface area contributed by atoms with Gasteiger partial charge in [0.05, 0.1) is 5.69 Å². The van der Waals surface area contributed by atoms with Gasteiger partial charge in [0.15, 0.2) is 0 Å². The Labute approximate surface area is 112 Å². The van der Waals surface area contributed by atoms with Crippen LogP contribution in [0.3, 0.4) is 0 Å². The largest absolute Gasteiger partial charge is 0.370 e. The fourth-order valence-electron chi connectivity index (χ4n) is 1.95. The maximum absolute atomic E-state index is 13.3. The van der Waals surface area contributed by atoms with Crippen LogP contribution >= 0.6 is 0 Å². The van der Waals surface area contributed by atoms with Gasteiger partial charge in [-0.15, -0.1) is 0 Å². The van der Waals surface area contributed by atoms with E-state index >= 15 is 0 Å². The highest BCUT2D eigenvalue weighted by atomic mass is 19.1. The lowest BCUT2D eigenvalue weighted by molar-refractivity contribution is 0.618. The standard InChI is InChI=1S/C15H18FN3/c1-4-7-17-15-11(3)14(18-9-19-15)12-5-6-13(16)10(2)8-12/h5-6,8-9H,4,7H2,1-3H3,(H,17,18,19). The molecule has 4 heteroatoms. The van der Waals surface area contributed by atoms with E-state index in [1.165, 1.54) is 6.07 Å². The molecule has 2 aromatic rings. The number of nitrogens with one attached hydrogen (secondary N) is 1. The van der Waals surface area contributed by atoms with Crippen LogP contribution in [0.1, 0.15) is 24.5 Å². The van der Waals surface area contributed by atoms with Crippen LogP contribution in [-0.2, 0) is 0 Å². The summed E-state index contributed by atoms with van der Waals surface area (Å²) in [7, 11) is 0. The summed E-state index contributed by atoms with van der Waals surface area (Å²) in [5, 5.41) is 3.27. The first kappa shape index (κ1) is 13.5. The lowest BCUT2D eigenvalue weighted by atomic mass is 10.0. The lowest BCUT2D eigenvalue weighted by Crippen LogP contribution is -2.05. The van der Waals surface area contributed by atoms with Crippen molar-refractivity contribution >= 4 is 5.82 Å². The number of aryl methyl sites for hydroxylation is 1.